The third-order valence-electron chi connectivity index (χ3n) is 5.72. The summed E-state index contributed by atoms with van der Waals surface area (Å²) in [4.78, 5) is 28.1. The minimum absolute atomic E-state index is 0.0446. The average Bonchev–Trinajstić information content (AvgIpc) is 2.83. The Morgan fingerprint density at radius 1 is 1.31 bits per heavy atom. The van der Waals surface area contributed by atoms with Crippen LogP contribution in [-0.2, 0) is 0 Å². The number of likely N-dealkylation sites (N-methyl/N-ethyl adjacent to an activating group) is 1. The summed E-state index contributed by atoms with van der Waals surface area (Å²) in [6, 6.07) is 3.59. The molecule has 0 aliphatic carbocycles. The van der Waals surface area contributed by atoms with Crippen LogP contribution in [0.5, 0.6) is 0 Å². The van der Waals surface area contributed by atoms with Gasteiger partial charge in [-0.3, -0.25) is 9.69 Å². The van der Waals surface area contributed by atoms with Crippen LogP contribution < -0.4 is 10.3 Å². The Kier molecular flexibility index (Phi) is 3.84. The van der Waals surface area contributed by atoms with E-state index in [-0.39, 0.29) is 5.39 Å². The van der Waals surface area contributed by atoms with Crippen LogP contribution in [0.15, 0.2) is 29.7 Å². The molecule has 2 aromatic rings. The maximum Gasteiger partial charge on any atom is 0.341 e. The molecule has 2 bridgehead atoms. The second-order valence-electron chi connectivity index (χ2n) is 7.04. The van der Waals surface area contributed by atoms with E-state index in [0.29, 0.717) is 23.3 Å². The van der Waals surface area contributed by atoms with E-state index in [9.17, 15) is 19.1 Å². The normalized spacial score (nSPS) is 22.8. The Hall–Kier alpha value is -2.67. The minimum Gasteiger partial charge on any atom is -0.477 e. The monoisotopic (exact) mass is 357 g/mol. The lowest BCUT2D eigenvalue weighted by Crippen LogP contribution is -2.52. The number of carboxylic acid groups (broad SMARTS) is 1. The quantitative estimate of drug-likeness (QED) is 0.913. The van der Waals surface area contributed by atoms with E-state index in [1.165, 1.54) is 17.0 Å². The molecule has 1 N–H and O–H groups in total. The van der Waals surface area contributed by atoms with Crippen LogP contribution in [0.4, 0.5) is 10.1 Å². The van der Waals surface area contributed by atoms with Gasteiger partial charge in [0.15, 0.2) is 0 Å². The maximum absolute atomic E-state index is 14.8. The molecule has 26 heavy (non-hydrogen) atoms. The first kappa shape index (κ1) is 16.8. The molecule has 0 amide bonds. The lowest BCUT2D eigenvalue weighted by atomic mass is 10.1. The molecule has 0 radical (unpaired) electrons. The van der Waals surface area contributed by atoms with E-state index in [4.69, 9.17) is 0 Å². The number of hydrogen-bond acceptors (Lipinski definition) is 4. The Labute approximate surface area is 149 Å². The molecule has 6 nitrogen and oxygen atoms in total. The van der Waals surface area contributed by atoms with Crippen molar-refractivity contribution in [2.75, 3.05) is 25.0 Å². The zero-order valence-electron chi connectivity index (χ0n) is 14.5. The molecule has 2 unspecified atom stereocenters. The third-order valence-corrected chi connectivity index (χ3v) is 5.72. The standard InChI is InChI=1S/C19H20FN3O3/c1-3-22-10-14(19(25)26)18(24)13-6-15(20)17(7-16(13)22)23-8-11-4-5-12(9-23)21(11)2/h3,6-7,10-12H,1,4-5,8-9H2,2H3,(H,25,26). The van der Waals surface area contributed by atoms with Gasteiger partial charge in [0.05, 0.1) is 11.2 Å². The number of carbonyl (C=O) groups is 1. The van der Waals surface area contributed by atoms with Crippen molar-refractivity contribution in [1.82, 2.24) is 9.47 Å². The van der Waals surface area contributed by atoms with Gasteiger partial charge in [-0.1, -0.05) is 6.58 Å². The van der Waals surface area contributed by atoms with E-state index in [1.807, 2.05) is 4.90 Å². The van der Waals surface area contributed by atoms with Crippen LogP contribution in [0.1, 0.15) is 23.2 Å². The highest BCUT2D eigenvalue weighted by Crippen LogP contribution is 2.33. The van der Waals surface area contributed by atoms with Crippen molar-refractivity contribution in [3.63, 3.8) is 0 Å². The van der Waals surface area contributed by atoms with Gasteiger partial charge in [-0.2, -0.15) is 0 Å². The van der Waals surface area contributed by atoms with Gasteiger partial charge in [0.2, 0.25) is 5.43 Å². The van der Waals surface area contributed by atoms with Gasteiger partial charge in [-0.15, -0.1) is 0 Å². The van der Waals surface area contributed by atoms with Crippen molar-refractivity contribution in [1.29, 1.82) is 0 Å². The highest BCUT2D eigenvalue weighted by molar-refractivity contribution is 5.94. The summed E-state index contributed by atoms with van der Waals surface area (Å²) in [5.41, 5.74) is -0.185. The third kappa shape index (κ3) is 2.42. The zero-order chi connectivity index (χ0) is 18.6. The number of benzene rings is 1. The van der Waals surface area contributed by atoms with Crippen molar-refractivity contribution in [3.05, 3.63) is 46.5 Å². The first-order valence-corrected chi connectivity index (χ1v) is 8.62. The van der Waals surface area contributed by atoms with Gasteiger partial charge < -0.3 is 14.6 Å². The Morgan fingerprint density at radius 2 is 1.96 bits per heavy atom. The number of piperazine rings is 1. The molecule has 1 aromatic heterocycles. The molecule has 0 saturated carbocycles. The van der Waals surface area contributed by atoms with Crippen molar-refractivity contribution in [2.24, 2.45) is 0 Å². The number of carboxylic acids is 1. The van der Waals surface area contributed by atoms with E-state index in [0.717, 1.165) is 32.0 Å². The Bertz CT molecular complexity index is 970. The predicted molar refractivity (Wildman–Crippen MR) is 98.3 cm³/mol. The number of halogens is 1. The molecule has 7 heteroatoms. The lowest BCUT2D eigenvalue weighted by Gasteiger charge is -2.40. The van der Waals surface area contributed by atoms with Crippen LogP contribution in [0.3, 0.4) is 0 Å². The summed E-state index contributed by atoms with van der Waals surface area (Å²) in [5.74, 6) is -1.84. The molecular weight excluding hydrogens is 337 g/mol. The second kappa shape index (κ2) is 5.95. The van der Waals surface area contributed by atoms with Gasteiger partial charge in [-0.05, 0) is 32.0 Å². The van der Waals surface area contributed by atoms with Crippen LogP contribution in [0, 0.1) is 5.82 Å². The number of rotatable bonds is 3. The predicted octanol–water partition coefficient (Wildman–Crippen LogP) is 2.22. The average molecular weight is 357 g/mol. The van der Waals surface area contributed by atoms with Gasteiger partial charge >= 0.3 is 5.97 Å². The molecule has 2 fully saturated rings. The van der Waals surface area contributed by atoms with E-state index < -0.39 is 22.8 Å². The van der Waals surface area contributed by atoms with Gasteiger partial charge in [-0.25, -0.2) is 9.18 Å². The molecule has 2 aliphatic rings. The second-order valence-corrected chi connectivity index (χ2v) is 7.04. The molecule has 136 valence electrons. The van der Waals surface area contributed by atoms with Gasteiger partial charge in [0.25, 0.3) is 0 Å². The number of pyridine rings is 1. The van der Waals surface area contributed by atoms with Crippen molar-refractivity contribution >= 4 is 28.8 Å². The van der Waals surface area contributed by atoms with Crippen LogP contribution >= 0.6 is 0 Å². The topological polar surface area (TPSA) is 65.8 Å². The number of hydrogen-bond donors (Lipinski definition) is 1. The number of nitrogens with zero attached hydrogens (tertiary/aromatic N) is 3. The fourth-order valence-corrected chi connectivity index (χ4v) is 4.21. The van der Waals surface area contributed by atoms with E-state index in [2.05, 4.69) is 18.5 Å². The molecule has 2 aliphatic heterocycles. The molecule has 4 rings (SSSR count). The van der Waals surface area contributed by atoms with Crippen molar-refractivity contribution in [3.8, 4) is 0 Å². The van der Waals surface area contributed by atoms with Crippen molar-refractivity contribution in [2.45, 2.75) is 24.9 Å². The highest BCUT2D eigenvalue weighted by atomic mass is 19.1. The highest BCUT2D eigenvalue weighted by Gasteiger charge is 2.38. The molecule has 2 saturated heterocycles. The molecule has 2 atom stereocenters. The summed E-state index contributed by atoms with van der Waals surface area (Å²) >= 11 is 0. The molecule has 1 aromatic carbocycles. The summed E-state index contributed by atoms with van der Waals surface area (Å²) < 4.78 is 16.3. The first-order chi connectivity index (χ1) is 12.4. The summed E-state index contributed by atoms with van der Waals surface area (Å²) in [5, 5.41) is 9.25. The van der Waals surface area contributed by atoms with E-state index >= 15 is 0 Å². The van der Waals surface area contributed by atoms with Crippen LogP contribution in [-0.4, -0.2) is 52.8 Å². The number of anilines is 1. The van der Waals surface area contributed by atoms with E-state index in [1.54, 1.807) is 6.07 Å². The fraction of sp³-hybridized carbons (Fsp3) is 0.368. The number of fused-ring (bicyclic) bond motifs is 3. The summed E-state index contributed by atoms with van der Waals surface area (Å²) in [7, 11) is 2.11. The van der Waals surface area contributed by atoms with Crippen LogP contribution in [0.2, 0.25) is 0 Å². The smallest absolute Gasteiger partial charge is 0.341 e. The summed E-state index contributed by atoms with van der Waals surface area (Å²) in [6.45, 7) is 5.15. The fourth-order valence-electron chi connectivity index (χ4n) is 4.21. The lowest BCUT2D eigenvalue weighted by molar-refractivity contribution is 0.0695. The zero-order valence-corrected chi connectivity index (χ0v) is 14.5. The first-order valence-electron chi connectivity index (χ1n) is 8.62. The summed E-state index contributed by atoms with van der Waals surface area (Å²) in [6.07, 6.45) is 4.86. The molecular formula is C19H20FN3O3. The largest absolute Gasteiger partial charge is 0.477 e. The van der Waals surface area contributed by atoms with Gasteiger partial charge in [0, 0.05) is 43.0 Å². The SMILES string of the molecule is C=Cn1cc(C(=O)O)c(=O)c2cc(F)c(N3CC4CCC(C3)N4C)cc21. The molecule has 3 heterocycles. The van der Waals surface area contributed by atoms with Crippen LogP contribution in [0.25, 0.3) is 17.1 Å². The van der Waals surface area contributed by atoms with Crippen molar-refractivity contribution < 1.29 is 14.3 Å². The Morgan fingerprint density at radius 3 is 2.54 bits per heavy atom. The Balaban J connectivity index is 1.87. The number of aromatic nitrogens is 1. The minimum atomic E-state index is -1.34. The number of aromatic carboxylic acids is 1. The maximum atomic E-state index is 14.8. The molecule has 0 spiro atoms. The van der Waals surface area contributed by atoms with Gasteiger partial charge in [0.1, 0.15) is 11.4 Å².